The molecule has 0 radical (unpaired) electrons. The summed E-state index contributed by atoms with van der Waals surface area (Å²) in [5.74, 6) is 1.22. The van der Waals surface area contributed by atoms with Gasteiger partial charge in [-0.05, 0) is 65.3 Å². The number of carbonyl (C=O) groups excluding carboxylic acids is 2. The Morgan fingerprint density at radius 1 is 1.02 bits per heavy atom. The average molecular weight is 658 g/mol. The number of ether oxygens (including phenoxy) is 3. The first-order valence-electron chi connectivity index (χ1n) is 16.6. The van der Waals surface area contributed by atoms with Crippen LogP contribution in [0.25, 0.3) is 11.1 Å². The number of aromatic nitrogens is 1. The molecular weight excluding hydrogens is 610 g/mol. The maximum absolute atomic E-state index is 14.1. The third-order valence-electron chi connectivity index (χ3n) is 9.52. The quantitative estimate of drug-likeness (QED) is 0.309. The molecule has 3 atom stereocenters. The van der Waals surface area contributed by atoms with Gasteiger partial charge in [-0.2, -0.15) is 0 Å². The number of pyridine rings is 1. The van der Waals surface area contributed by atoms with Gasteiger partial charge in [0, 0.05) is 57.6 Å². The molecule has 0 bridgehead atoms. The van der Waals surface area contributed by atoms with Crippen LogP contribution < -0.4 is 30.3 Å². The van der Waals surface area contributed by atoms with Gasteiger partial charge >= 0.3 is 0 Å². The van der Waals surface area contributed by atoms with Crippen LogP contribution in [0, 0.1) is 5.92 Å². The van der Waals surface area contributed by atoms with Crippen molar-refractivity contribution in [2.75, 3.05) is 52.8 Å². The molecule has 256 valence electrons. The number of anilines is 1. The van der Waals surface area contributed by atoms with Crippen molar-refractivity contribution in [3.8, 4) is 28.4 Å². The van der Waals surface area contributed by atoms with Crippen molar-refractivity contribution < 1.29 is 23.8 Å². The minimum absolute atomic E-state index is 0.0159. The summed E-state index contributed by atoms with van der Waals surface area (Å²) < 4.78 is 17.2. The summed E-state index contributed by atoms with van der Waals surface area (Å²) in [6, 6.07) is 10.1. The fourth-order valence-electron chi connectivity index (χ4n) is 6.75. The molecule has 1 fully saturated rings. The first kappa shape index (κ1) is 34.7. The molecule has 2 aromatic carbocycles. The van der Waals surface area contributed by atoms with E-state index in [4.69, 9.17) is 14.2 Å². The van der Waals surface area contributed by atoms with E-state index in [0.29, 0.717) is 54.4 Å². The van der Waals surface area contributed by atoms with Gasteiger partial charge in [0.25, 0.3) is 0 Å². The van der Waals surface area contributed by atoms with E-state index in [9.17, 15) is 14.4 Å². The highest BCUT2D eigenvalue weighted by Gasteiger charge is 2.33. The van der Waals surface area contributed by atoms with E-state index in [-0.39, 0.29) is 23.2 Å². The van der Waals surface area contributed by atoms with Gasteiger partial charge < -0.3 is 29.7 Å². The number of aryl methyl sites for hydroxylation is 1. The number of methoxy groups -OCH3 is 3. The Morgan fingerprint density at radius 3 is 2.40 bits per heavy atom. The van der Waals surface area contributed by atoms with Gasteiger partial charge in [0.1, 0.15) is 6.04 Å². The van der Waals surface area contributed by atoms with Crippen molar-refractivity contribution in [2.24, 2.45) is 5.92 Å². The number of amides is 2. The van der Waals surface area contributed by atoms with Crippen LogP contribution in [0.2, 0.25) is 0 Å². The van der Waals surface area contributed by atoms with Crippen LogP contribution in [0.1, 0.15) is 56.3 Å². The summed E-state index contributed by atoms with van der Waals surface area (Å²) in [6.07, 6.45) is 5.57. The van der Waals surface area contributed by atoms with Gasteiger partial charge in [-0.3, -0.25) is 24.3 Å². The van der Waals surface area contributed by atoms with Crippen molar-refractivity contribution >= 4 is 17.5 Å². The van der Waals surface area contributed by atoms with Crippen molar-refractivity contribution in [1.82, 2.24) is 20.1 Å². The molecule has 2 aliphatic rings. The molecule has 0 spiro atoms. The van der Waals surface area contributed by atoms with Gasteiger partial charge in [0.05, 0.1) is 33.1 Å². The number of fused-ring (bicyclic) bond motifs is 3. The summed E-state index contributed by atoms with van der Waals surface area (Å²) in [4.78, 5) is 48.8. The number of nitrogens with one attached hydrogen (secondary N) is 2. The third-order valence-corrected chi connectivity index (χ3v) is 9.52. The maximum Gasteiger partial charge on any atom is 0.245 e. The Balaban J connectivity index is 1.49. The van der Waals surface area contributed by atoms with Gasteiger partial charge in [-0.15, -0.1) is 0 Å². The zero-order chi connectivity index (χ0) is 34.4. The molecule has 11 nitrogen and oxygen atoms in total. The van der Waals surface area contributed by atoms with Crippen LogP contribution in [-0.2, 0) is 22.6 Å². The Hall–Kier alpha value is -4.64. The SMILES string of the molecule is CC[C@@H](C)[C@H](Nc1ccc2c(cc1=O)[C@@H](NC(C)=O)CCc1cc(OC)c(OC)c(OC)c1-2)C(=O)N1CCN(Cc2cccnc2)CC1. The molecule has 3 aromatic rings. The first-order chi connectivity index (χ1) is 23.2. The van der Waals surface area contributed by atoms with E-state index in [1.165, 1.54) is 6.92 Å². The molecule has 2 N–H and O–H groups in total. The van der Waals surface area contributed by atoms with Crippen molar-refractivity contribution in [2.45, 2.75) is 58.7 Å². The van der Waals surface area contributed by atoms with E-state index < -0.39 is 12.1 Å². The topological polar surface area (TPSA) is 122 Å². The number of hydrogen-bond acceptors (Lipinski definition) is 9. The van der Waals surface area contributed by atoms with Crippen LogP contribution in [0.5, 0.6) is 17.2 Å². The summed E-state index contributed by atoms with van der Waals surface area (Å²) in [5, 5.41) is 6.41. The Bertz CT molecular complexity index is 1680. The second-order valence-electron chi connectivity index (χ2n) is 12.6. The lowest BCUT2D eigenvalue weighted by Crippen LogP contribution is -2.54. The zero-order valence-electron chi connectivity index (χ0n) is 28.8. The molecule has 0 saturated carbocycles. The average Bonchev–Trinajstić information content (AvgIpc) is 3.34. The fraction of sp³-hybridized carbons (Fsp3) is 0.459. The predicted molar refractivity (Wildman–Crippen MR) is 186 cm³/mol. The zero-order valence-corrected chi connectivity index (χ0v) is 28.8. The molecule has 2 heterocycles. The minimum atomic E-state index is -0.591. The number of rotatable bonds is 11. The van der Waals surface area contributed by atoms with E-state index in [1.807, 2.05) is 43.1 Å². The van der Waals surface area contributed by atoms with E-state index >= 15 is 0 Å². The molecule has 2 amide bonds. The number of hydrogen-bond donors (Lipinski definition) is 2. The van der Waals surface area contributed by atoms with Gasteiger partial charge in [-0.1, -0.05) is 32.4 Å². The number of piperazine rings is 1. The van der Waals surface area contributed by atoms with Crippen LogP contribution in [0.15, 0.2) is 53.6 Å². The second kappa shape index (κ2) is 15.5. The third kappa shape index (κ3) is 7.41. The van der Waals surface area contributed by atoms with Crippen LogP contribution >= 0.6 is 0 Å². The van der Waals surface area contributed by atoms with Gasteiger partial charge in [0.2, 0.25) is 23.0 Å². The maximum atomic E-state index is 14.1. The molecule has 11 heteroatoms. The summed E-state index contributed by atoms with van der Waals surface area (Å²) in [5.41, 5.74) is 4.33. The van der Waals surface area contributed by atoms with Crippen molar-refractivity contribution in [3.05, 3.63) is 75.7 Å². The molecular formula is C37H47N5O6. The predicted octanol–water partition coefficient (Wildman–Crippen LogP) is 4.43. The fourth-order valence-corrected chi connectivity index (χ4v) is 6.75. The Morgan fingerprint density at radius 2 is 1.77 bits per heavy atom. The highest BCUT2D eigenvalue weighted by molar-refractivity contribution is 5.86. The highest BCUT2D eigenvalue weighted by atomic mass is 16.5. The number of nitrogens with zero attached hydrogens (tertiary/aromatic N) is 3. The van der Waals surface area contributed by atoms with E-state index in [2.05, 4.69) is 26.6 Å². The standard InChI is InChI=1S/C37H47N5O6/c1-7-23(2)34(37(45)42-17-15-41(16-18-42)22-25-9-8-14-38-21-25)40-30-13-11-27-28(20-31(30)44)29(39-24(3)43)12-10-26-19-32(46-4)35(47-5)36(48-6)33(26)27/h8-9,11,13-14,19-21,23,29,34H,7,10,12,15-18,22H2,1-6H3,(H,39,43)(H,40,44)/t23-,29+,34+/m1/s1. The normalized spacial score (nSPS) is 17.2. The largest absolute Gasteiger partial charge is 0.493 e. The Kier molecular flexibility index (Phi) is 11.2. The minimum Gasteiger partial charge on any atom is -0.493 e. The van der Waals surface area contributed by atoms with E-state index in [0.717, 1.165) is 48.3 Å². The van der Waals surface area contributed by atoms with E-state index in [1.54, 1.807) is 39.7 Å². The lowest BCUT2D eigenvalue weighted by Gasteiger charge is -2.37. The number of benzene rings is 1. The molecule has 48 heavy (non-hydrogen) atoms. The van der Waals surface area contributed by atoms with Gasteiger partial charge in [-0.25, -0.2) is 0 Å². The van der Waals surface area contributed by atoms with Gasteiger partial charge in [0.15, 0.2) is 11.5 Å². The summed E-state index contributed by atoms with van der Waals surface area (Å²) >= 11 is 0. The molecule has 1 aromatic heterocycles. The van der Waals surface area contributed by atoms with Crippen LogP contribution in [0.4, 0.5) is 5.69 Å². The summed E-state index contributed by atoms with van der Waals surface area (Å²) in [6.45, 7) is 9.07. The van der Waals surface area contributed by atoms with Crippen LogP contribution in [-0.4, -0.2) is 80.1 Å². The second-order valence-corrected chi connectivity index (χ2v) is 12.6. The van der Waals surface area contributed by atoms with Crippen molar-refractivity contribution in [1.29, 1.82) is 0 Å². The molecule has 5 rings (SSSR count). The lowest BCUT2D eigenvalue weighted by atomic mass is 9.95. The Labute approximate surface area is 282 Å². The summed E-state index contributed by atoms with van der Waals surface area (Å²) in [7, 11) is 4.71. The van der Waals surface area contributed by atoms with Crippen molar-refractivity contribution in [3.63, 3.8) is 0 Å². The monoisotopic (exact) mass is 657 g/mol. The molecule has 1 aliphatic carbocycles. The number of carbonyl (C=O) groups is 2. The highest BCUT2D eigenvalue weighted by Crippen LogP contribution is 2.50. The first-order valence-corrected chi connectivity index (χ1v) is 16.6. The molecule has 1 saturated heterocycles. The van der Waals surface area contributed by atoms with Crippen LogP contribution in [0.3, 0.4) is 0 Å². The molecule has 0 unspecified atom stereocenters. The molecule has 1 aliphatic heterocycles. The smallest absolute Gasteiger partial charge is 0.245 e. The lowest BCUT2D eigenvalue weighted by molar-refractivity contribution is -0.135.